The molecule has 3 heteroatoms. The molecule has 1 aromatic rings. The van der Waals surface area contributed by atoms with Gasteiger partial charge in [0.1, 0.15) is 0 Å². The first-order valence-electron chi connectivity index (χ1n) is 4.85. The summed E-state index contributed by atoms with van der Waals surface area (Å²) >= 11 is 1.55. The lowest BCUT2D eigenvalue weighted by molar-refractivity contribution is -0.113. The van der Waals surface area contributed by atoms with Gasteiger partial charge in [-0.05, 0) is 38.5 Å². The molecule has 1 aliphatic rings. The van der Waals surface area contributed by atoms with Gasteiger partial charge in [-0.2, -0.15) is 0 Å². The number of hydrogen-bond donors (Lipinski definition) is 1. The van der Waals surface area contributed by atoms with Crippen molar-refractivity contribution in [1.82, 2.24) is 0 Å². The van der Waals surface area contributed by atoms with Crippen molar-refractivity contribution in [3.63, 3.8) is 0 Å². The Morgan fingerprint density at radius 2 is 2.07 bits per heavy atom. The van der Waals surface area contributed by atoms with Gasteiger partial charge in [-0.1, -0.05) is 17.8 Å². The molecule has 0 amide bonds. The maximum absolute atomic E-state index is 11.4. The Bertz CT molecular complexity index is 463. The third-order valence-electron chi connectivity index (χ3n) is 2.33. The van der Waals surface area contributed by atoms with Crippen molar-refractivity contribution >= 4 is 23.2 Å². The number of anilines is 1. The fourth-order valence-electron chi connectivity index (χ4n) is 1.60. The molecular formula is C12H13NOS. The highest BCUT2D eigenvalue weighted by Gasteiger charge is 2.18. The molecule has 0 saturated carbocycles. The van der Waals surface area contributed by atoms with Gasteiger partial charge in [-0.3, -0.25) is 4.79 Å². The molecule has 0 saturated heterocycles. The number of carbonyl (C=O) groups excluding carboxylic acids is 1. The molecule has 0 bridgehead atoms. The summed E-state index contributed by atoms with van der Waals surface area (Å²) in [5.41, 5.74) is 3.25. The number of fused-ring (bicyclic) bond motifs is 1. The average molecular weight is 219 g/mol. The predicted molar refractivity (Wildman–Crippen MR) is 64.0 cm³/mol. The van der Waals surface area contributed by atoms with Crippen LogP contribution in [-0.4, -0.2) is 5.78 Å². The molecule has 1 aliphatic heterocycles. The average Bonchev–Trinajstić information content (AvgIpc) is 2.17. The van der Waals surface area contributed by atoms with Crippen molar-refractivity contribution in [3.8, 4) is 0 Å². The lowest BCUT2D eigenvalue weighted by Gasteiger charge is -2.20. The van der Waals surface area contributed by atoms with E-state index in [1.807, 2.05) is 6.92 Å². The number of Topliss-reactive ketones (excluding diaryl/α,β-unsaturated/α-hetero) is 1. The van der Waals surface area contributed by atoms with Crippen molar-refractivity contribution in [2.45, 2.75) is 25.7 Å². The van der Waals surface area contributed by atoms with Crippen LogP contribution in [0.15, 0.2) is 33.7 Å². The zero-order chi connectivity index (χ0) is 11.0. The lowest BCUT2D eigenvalue weighted by Crippen LogP contribution is -2.09. The number of allylic oxidation sites excluding steroid dienone is 2. The smallest absolute Gasteiger partial charge is 0.168 e. The van der Waals surface area contributed by atoms with Gasteiger partial charge in [-0.15, -0.1) is 0 Å². The second kappa shape index (κ2) is 3.74. The van der Waals surface area contributed by atoms with Crippen LogP contribution >= 0.6 is 11.8 Å². The highest BCUT2D eigenvalue weighted by Crippen LogP contribution is 2.40. The minimum Gasteiger partial charge on any atom is -0.357 e. The van der Waals surface area contributed by atoms with Crippen molar-refractivity contribution in [3.05, 3.63) is 34.4 Å². The number of thioether (sulfide) groups is 1. The summed E-state index contributed by atoms with van der Waals surface area (Å²) in [7, 11) is 0. The van der Waals surface area contributed by atoms with E-state index in [2.05, 4.69) is 30.4 Å². The number of aryl methyl sites for hydroxylation is 1. The van der Waals surface area contributed by atoms with Gasteiger partial charge in [0.25, 0.3) is 0 Å². The third kappa shape index (κ3) is 1.92. The summed E-state index contributed by atoms with van der Waals surface area (Å²) in [6, 6.07) is 6.22. The van der Waals surface area contributed by atoms with Crippen LogP contribution in [0.2, 0.25) is 0 Å². The molecule has 0 radical (unpaired) electrons. The van der Waals surface area contributed by atoms with Crippen LogP contribution in [0.1, 0.15) is 19.4 Å². The van der Waals surface area contributed by atoms with E-state index in [0.29, 0.717) is 0 Å². The first-order chi connectivity index (χ1) is 7.08. The highest BCUT2D eigenvalue weighted by molar-refractivity contribution is 8.04. The van der Waals surface area contributed by atoms with E-state index in [4.69, 9.17) is 0 Å². The van der Waals surface area contributed by atoms with Crippen LogP contribution in [0.3, 0.4) is 0 Å². The molecule has 0 unspecified atom stereocenters. The molecule has 0 spiro atoms. The Morgan fingerprint density at radius 1 is 1.33 bits per heavy atom. The molecule has 0 atom stereocenters. The molecule has 1 N–H and O–H groups in total. The predicted octanol–water partition coefficient (Wildman–Crippen LogP) is 3.33. The van der Waals surface area contributed by atoms with E-state index in [-0.39, 0.29) is 5.78 Å². The van der Waals surface area contributed by atoms with Crippen LogP contribution < -0.4 is 5.32 Å². The van der Waals surface area contributed by atoms with Gasteiger partial charge in [0, 0.05) is 10.6 Å². The van der Waals surface area contributed by atoms with Crippen LogP contribution in [-0.2, 0) is 4.79 Å². The minimum absolute atomic E-state index is 0.122. The Labute approximate surface area is 93.8 Å². The second-order valence-corrected chi connectivity index (χ2v) is 4.79. The molecule has 2 nitrogen and oxygen atoms in total. The van der Waals surface area contributed by atoms with Gasteiger partial charge in [0.15, 0.2) is 5.78 Å². The number of carbonyl (C=O) groups is 1. The van der Waals surface area contributed by atoms with E-state index in [1.165, 1.54) is 5.56 Å². The summed E-state index contributed by atoms with van der Waals surface area (Å²) in [5, 5.41) is 3.26. The maximum atomic E-state index is 11.4. The van der Waals surface area contributed by atoms with Gasteiger partial charge in [-0.25, -0.2) is 0 Å². The Balaban J connectivity index is 2.43. The minimum atomic E-state index is 0.122. The number of benzene rings is 1. The fraction of sp³-hybridized carbons (Fsp3) is 0.250. The topological polar surface area (TPSA) is 29.1 Å². The maximum Gasteiger partial charge on any atom is 0.168 e. The standard InChI is InChI=1S/C12H13NOS/c1-7-4-5-10-11(6-7)15-12(9(3)14)8(2)13-10/h4-6,13H,1-3H3. The highest BCUT2D eigenvalue weighted by atomic mass is 32.2. The zero-order valence-corrected chi connectivity index (χ0v) is 9.87. The Kier molecular flexibility index (Phi) is 2.57. The molecule has 78 valence electrons. The van der Waals surface area contributed by atoms with Crippen molar-refractivity contribution in [2.75, 3.05) is 5.32 Å². The number of rotatable bonds is 1. The molecule has 1 aromatic carbocycles. The van der Waals surface area contributed by atoms with Crippen LogP contribution in [0.5, 0.6) is 0 Å². The molecule has 1 heterocycles. The van der Waals surface area contributed by atoms with Crippen molar-refractivity contribution in [1.29, 1.82) is 0 Å². The molecule has 0 fully saturated rings. The first kappa shape index (κ1) is 10.3. The Hall–Kier alpha value is -1.22. The number of nitrogens with one attached hydrogen (secondary N) is 1. The SMILES string of the molecule is CC(=O)C1=C(C)Nc2ccc(C)cc2S1. The summed E-state index contributed by atoms with van der Waals surface area (Å²) in [6.07, 6.45) is 0. The molecule has 15 heavy (non-hydrogen) atoms. The second-order valence-electron chi connectivity index (χ2n) is 3.74. The third-order valence-corrected chi connectivity index (χ3v) is 3.69. The van der Waals surface area contributed by atoms with E-state index in [0.717, 1.165) is 21.2 Å². The van der Waals surface area contributed by atoms with E-state index >= 15 is 0 Å². The van der Waals surface area contributed by atoms with Crippen molar-refractivity contribution in [2.24, 2.45) is 0 Å². The van der Waals surface area contributed by atoms with Crippen molar-refractivity contribution < 1.29 is 4.79 Å². The van der Waals surface area contributed by atoms with E-state index in [9.17, 15) is 4.79 Å². The molecule has 2 rings (SSSR count). The summed E-state index contributed by atoms with van der Waals surface area (Å²) in [6.45, 7) is 5.60. The molecule has 0 aromatic heterocycles. The lowest BCUT2D eigenvalue weighted by atomic mass is 10.2. The van der Waals surface area contributed by atoms with Crippen LogP contribution in [0.4, 0.5) is 5.69 Å². The van der Waals surface area contributed by atoms with Crippen LogP contribution in [0, 0.1) is 6.92 Å². The number of hydrogen-bond acceptors (Lipinski definition) is 3. The quantitative estimate of drug-likeness (QED) is 0.785. The first-order valence-corrected chi connectivity index (χ1v) is 5.67. The monoisotopic (exact) mass is 219 g/mol. The van der Waals surface area contributed by atoms with Gasteiger partial charge < -0.3 is 5.32 Å². The summed E-state index contributed by atoms with van der Waals surface area (Å²) in [4.78, 5) is 13.3. The summed E-state index contributed by atoms with van der Waals surface area (Å²) < 4.78 is 0. The zero-order valence-electron chi connectivity index (χ0n) is 9.05. The number of ketones is 1. The van der Waals surface area contributed by atoms with Gasteiger partial charge in [0.2, 0.25) is 0 Å². The van der Waals surface area contributed by atoms with Gasteiger partial charge >= 0.3 is 0 Å². The van der Waals surface area contributed by atoms with E-state index in [1.54, 1.807) is 18.7 Å². The van der Waals surface area contributed by atoms with Crippen LogP contribution in [0.25, 0.3) is 0 Å². The fourth-order valence-corrected chi connectivity index (χ4v) is 2.64. The van der Waals surface area contributed by atoms with E-state index < -0.39 is 0 Å². The Morgan fingerprint density at radius 3 is 2.73 bits per heavy atom. The summed E-state index contributed by atoms with van der Waals surface area (Å²) in [5.74, 6) is 0.122. The molecule has 0 aliphatic carbocycles. The normalized spacial score (nSPS) is 14.6. The molecular weight excluding hydrogens is 206 g/mol. The largest absolute Gasteiger partial charge is 0.357 e. The van der Waals surface area contributed by atoms with Gasteiger partial charge in [0.05, 0.1) is 10.6 Å².